The summed E-state index contributed by atoms with van der Waals surface area (Å²) in [5, 5.41) is 2.20. The van der Waals surface area contributed by atoms with Gasteiger partial charge < -0.3 is 5.32 Å². The van der Waals surface area contributed by atoms with E-state index in [1.54, 1.807) is 0 Å². The van der Waals surface area contributed by atoms with Crippen molar-refractivity contribution >= 4 is 21.5 Å². The molecule has 17 heavy (non-hydrogen) atoms. The molecular formula is C10H12F2N2O2S. The number of amides is 1. The van der Waals surface area contributed by atoms with Crippen LogP contribution in [0.5, 0.6) is 0 Å². The highest BCUT2D eigenvalue weighted by molar-refractivity contribution is 7.98. The van der Waals surface area contributed by atoms with Gasteiger partial charge in [0.05, 0.1) is 20.2 Å². The number of halogens is 2. The molecule has 0 saturated heterocycles. The van der Waals surface area contributed by atoms with E-state index >= 15 is 0 Å². The Hall–Kier alpha value is -1.47. The standard InChI is InChI=1S/C10H12F2N2O2S/c1-13-10(15)6-4-9(17(3,16)14-2)8(12)5-7(6)11/h4-5H,3H2,1-2H3,(H,13,15)(H,14,16). The fourth-order valence-corrected chi connectivity index (χ4v) is 2.10. The quantitative estimate of drug-likeness (QED) is 0.781. The number of nitrogens with one attached hydrogen (secondary N) is 2. The molecule has 4 nitrogen and oxygen atoms in total. The van der Waals surface area contributed by atoms with Gasteiger partial charge in [-0.1, -0.05) is 0 Å². The summed E-state index contributed by atoms with van der Waals surface area (Å²) in [4.78, 5) is 11.0. The van der Waals surface area contributed by atoms with E-state index in [1.807, 2.05) is 0 Å². The zero-order valence-electron chi connectivity index (χ0n) is 9.34. The van der Waals surface area contributed by atoms with E-state index < -0.39 is 27.2 Å². The Kier molecular flexibility index (Phi) is 3.84. The summed E-state index contributed by atoms with van der Waals surface area (Å²) in [7, 11) is -0.441. The second-order valence-corrected chi connectivity index (χ2v) is 5.42. The van der Waals surface area contributed by atoms with Gasteiger partial charge in [0.15, 0.2) is 0 Å². The summed E-state index contributed by atoms with van der Waals surface area (Å²) in [5.74, 6) is 0.545. The minimum Gasteiger partial charge on any atom is -0.355 e. The summed E-state index contributed by atoms with van der Waals surface area (Å²) in [5.41, 5.74) is -0.379. The topological polar surface area (TPSA) is 58.2 Å². The van der Waals surface area contributed by atoms with Crippen molar-refractivity contribution in [1.82, 2.24) is 10.0 Å². The minimum atomic E-state index is -3.08. The summed E-state index contributed by atoms with van der Waals surface area (Å²) in [6.45, 7) is 0. The number of rotatable bonds is 3. The highest BCUT2D eigenvalue weighted by Gasteiger charge is 2.19. The first-order valence-electron chi connectivity index (χ1n) is 4.60. The molecule has 1 aromatic carbocycles. The molecule has 0 aliphatic rings. The molecule has 0 radical (unpaired) electrons. The molecular weight excluding hydrogens is 250 g/mol. The highest BCUT2D eigenvalue weighted by atomic mass is 32.2. The third-order valence-corrected chi connectivity index (χ3v) is 3.86. The highest BCUT2D eigenvalue weighted by Crippen LogP contribution is 2.19. The molecule has 7 heteroatoms. The average molecular weight is 262 g/mol. The van der Waals surface area contributed by atoms with Crippen molar-refractivity contribution in [1.29, 1.82) is 0 Å². The van der Waals surface area contributed by atoms with Gasteiger partial charge in [-0.25, -0.2) is 17.7 Å². The summed E-state index contributed by atoms with van der Waals surface area (Å²) in [6, 6.07) is 1.41. The van der Waals surface area contributed by atoms with Crippen LogP contribution in [0.15, 0.2) is 17.0 Å². The Balaban J connectivity index is 3.50. The van der Waals surface area contributed by atoms with Gasteiger partial charge in [0.2, 0.25) is 0 Å². The monoisotopic (exact) mass is 262 g/mol. The van der Waals surface area contributed by atoms with Gasteiger partial charge in [0.25, 0.3) is 5.91 Å². The van der Waals surface area contributed by atoms with Crippen molar-refractivity contribution in [2.45, 2.75) is 4.90 Å². The first-order valence-corrected chi connectivity index (χ1v) is 6.33. The van der Waals surface area contributed by atoms with Crippen molar-refractivity contribution < 1.29 is 17.8 Å². The molecule has 1 aromatic rings. The van der Waals surface area contributed by atoms with Crippen LogP contribution in [0.1, 0.15) is 10.4 Å². The Labute approximate surface area is 98.2 Å². The Morgan fingerprint density at radius 3 is 2.35 bits per heavy atom. The fraction of sp³-hybridized carbons (Fsp3) is 0.200. The largest absolute Gasteiger partial charge is 0.355 e. The summed E-state index contributed by atoms with van der Waals surface area (Å²) >= 11 is 0. The molecule has 0 spiro atoms. The smallest absolute Gasteiger partial charge is 0.254 e. The second-order valence-electron chi connectivity index (χ2n) is 3.22. The van der Waals surface area contributed by atoms with E-state index in [0.717, 1.165) is 6.07 Å². The fourth-order valence-electron chi connectivity index (χ4n) is 1.20. The van der Waals surface area contributed by atoms with Crippen LogP contribution in [-0.2, 0) is 9.71 Å². The van der Waals surface area contributed by atoms with Gasteiger partial charge in [-0.05, 0) is 19.0 Å². The predicted octanol–water partition coefficient (Wildman–Crippen LogP) is 0.534. The van der Waals surface area contributed by atoms with E-state index in [1.165, 1.54) is 14.1 Å². The molecule has 0 aliphatic carbocycles. The van der Waals surface area contributed by atoms with E-state index in [4.69, 9.17) is 0 Å². The zero-order valence-corrected chi connectivity index (χ0v) is 10.2. The lowest BCUT2D eigenvalue weighted by molar-refractivity contribution is 0.0958. The number of hydrogen-bond donors (Lipinski definition) is 2. The van der Waals surface area contributed by atoms with Gasteiger partial charge in [0, 0.05) is 13.1 Å². The molecule has 94 valence electrons. The summed E-state index contributed by atoms with van der Waals surface area (Å²) < 4.78 is 40.9. The van der Waals surface area contributed by atoms with Gasteiger partial charge >= 0.3 is 0 Å². The van der Waals surface area contributed by atoms with E-state index in [-0.39, 0.29) is 10.5 Å². The van der Waals surface area contributed by atoms with E-state index in [0.29, 0.717) is 6.07 Å². The lowest BCUT2D eigenvalue weighted by Gasteiger charge is -2.11. The van der Waals surface area contributed by atoms with Crippen molar-refractivity contribution in [2.75, 3.05) is 14.1 Å². The molecule has 1 atom stereocenters. The lowest BCUT2D eigenvalue weighted by atomic mass is 10.2. The molecule has 1 amide bonds. The molecule has 0 aromatic heterocycles. The van der Waals surface area contributed by atoms with E-state index in [9.17, 15) is 17.8 Å². The summed E-state index contributed by atoms with van der Waals surface area (Å²) in [6.07, 6.45) is 0. The van der Waals surface area contributed by atoms with Crippen LogP contribution in [0.3, 0.4) is 0 Å². The Morgan fingerprint density at radius 1 is 1.29 bits per heavy atom. The Bertz CT molecular complexity index is 556. The average Bonchev–Trinajstić information content (AvgIpc) is 2.27. The Morgan fingerprint density at radius 2 is 1.88 bits per heavy atom. The van der Waals surface area contributed by atoms with E-state index in [2.05, 4.69) is 15.9 Å². The lowest BCUT2D eigenvalue weighted by Crippen LogP contribution is -2.23. The molecule has 0 fully saturated rings. The third kappa shape index (κ3) is 2.62. The van der Waals surface area contributed by atoms with Gasteiger partial charge in [-0.15, -0.1) is 0 Å². The van der Waals surface area contributed by atoms with Crippen LogP contribution < -0.4 is 10.0 Å². The molecule has 1 unspecified atom stereocenters. The predicted molar refractivity (Wildman–Crippen MR) is 62.3 cm³/mol. The first-order chi connectivity index (χ1) is 7.83. The van der Waals surface area contributed by atoms with Crippen LogP contribution in [0.25, 0.3) is 0 Å². The maximum atomic E-state index is 13.4. The van der Waals surface area contributed by atoms with Crippen LogP contribution in [-0.4, -0.2) is 30.1 Å². The molecule has 1 rings (SSSR count). The van der Waals surface area contributed by atoms with Crippen molar-refractivity contribution in [3.8, 4) is 0 Å². The zero-order chi connectivity index (χ0) is 13.2. The number of carbonyl (C=O) groups excluding carboxylic acids is 1. The van der Waals surface area contributed by atoms with Crippen molar-refractivity contribution in [2.24, 2.45) is 0 Å². The SMILES string of the molecule is C=S(=O)(NC)c1cc(C(=O)NC)c(F)cc1F. The van der Waals surface area contributed by atoms with Gasteiger partial charge in [-0.2, -0.15) is 0 Å². The molecule has 0 aliphatic heterocycles. The molecule has 0 saturated carbocycles. The number of benzene rings is 1. The van der Waals surface area contributed by atoms with Gasteiger partial charge in [-0.3, -0.25) is 4.79 Å². The maximum Gasteiger partial charge on any atom is 0.254 e. The van der Waals surface area contributed by atoms with Crippen LogP contribution in [0.4, 0.5) is 8.78 Å². The normalized spacial score (nSPS) is 14.1. The number of hydrogen-bond acceptors (Lipinski definition) is 2. The van der Waals surface area contributed by atoms with Gasteiger partial charge in [0.1, 0.15) is 11.6 Å². The maximum absolute atomic E-state index is 13.4. The van der Waals surface area contributed by atoms with Crippen molar-refractivity contribution in [3.05, 3.63) is 29.3 Å². The minimum absolute atomic E-state index is 0.333. The van der Waals surface area contributed by atoms with Crippen LogP contribution >= 0.6 is 0 Å². The van der Waals surface area contributed by atoms with Crippen LogP contribution in [0.2, 0.25) is 0 Å². The van der Waals surface area contributed by atoms with Crippen molar-refractivity contribution in [3.63, 3.8) is 0 Å². The molecule has 0 bridgehead atoms. The molecule has 0 heterocycles. The van der Waals surface area contributed by atoms with Crippen LogP contribution in [0, 0.1) is 11.6 Å². The third-order valence-electron chi connectivity index (χ3n) is 2.18. The number of carbonyl (C=O) groups is 1. The molecule has 2 N–H and O–H groups in total. The second kappa shape index (κ2) is 4.80. The first kappa shape index (κ1) is 13.6.